The predicted octanol–water partition coefficient (Wildman–Crippen LogP) is 6.31. The zero-order chi connectivity index (χ0) is 25.5. The fraction of sp³-hybridized carbons (Fsp3) is 0.400. The molecule has 0 spiro atoms. The number of pyridine rings is 1. The normalized spacial score (nSPS) is 24.0. The number of carbonyl (C=O) groups is 1. The number of carboxylic acids is 1. The van der Waals surface area contributed by atoms with Crippen LogP contribution in [0.5, 0.6) is 0 Å². The Morgan fingerprint density at radius 2 is 1.89 bits per heavy atom. The lowest BCUT2D eigenvalue weighted by Crippen LogP contribution is -2.70. The summed E-state index contributed by atoms with van der Waals surface area (Å²) in [5.74, 6) is -0.944. The second-order valence-corrected chi connectivity index (χ2v) is 10.3. The topological polar surface area (TPSA) is 92.4 Å². The average Bonchev–Trinajstić information content (AvgIpc) is 2.69. The zero-order valence-electron chi connectivity index (χ0n) is 19.1. The number of benzene rings is 1. The third-order valence-corrected chi connectivity index (χ3v) is 7.62. The summed E-state index contributed by atoms with van der Waals surface area (Å²) in [6.07, 6.45) is -4.50. The maximum Gasteiger partial charge on any atom is 0.394 e. The molecular weight excluding hydrogens is 485 g/mol. The summed E-state index contributed by atoms with van der Waals surface area (Å²) in [4.78, 5) is 28.8. The molecule has 184 valence electrons. The van der Waals surface area contributed by atoms with Gasteiger partial charge in [-0.15, -0.1) is 0 Å². The van der Waals surface area contributed by atoms with Crippen molar-refractivity contribution in [3.8, 4) is 0 Å². The van der Waals surface area contributed by atoms with Gasteiger partial charge in [0.05, 0.1) is 22.5 Å². The third-order valence-electron chi connectivity index (χ3n) is 7.41. The Hall–Kier alpha value is -3.07. The van der Waals surface area contributed by atoms with Crippen LogP contribution in [0, 0.1) is 19.3 Å². The molecule has 3 aromatic rings. The maximum atomic E-state index is 13.4. The highest BCUT2D eigenvalue weighted by Gasteiger charge is 2.80. The van der Waals surface area contributed by atoms with Crippen LogP contribution >= 0.6 is 11.6 Å². The Morgan fingerprint density at radius 1 is 1.23 bits per heavy atom. The molecular formula is C25H22ClF3N2O4. The van der Waals surface area contributed by atoms with Crippen molar-refractivity contribution in [3.05, 3.63) is 67.8 Å². The molecule has 10 heteroatoms. The molecule has 0 radical (unpaired) electrons. The van der Waals surface area contributed by atoms with E-state index in [-0.39, 0.29) is 46.8 Å². The number of fused-ring (bicyclic) bond motifs is 1. The van der Waals surface area contributed by atoms with Gasteiger partial charge in [-0.05, 0) is 63.8 Å². The van der Waals surface area contributed by atoms with Gasteiger partial charge in [-0.25, -0.2) is 9.78 Å². The van der Waals surface area contributed by atoms with Gasteiger partial charge in [-0.2, -0.15) is 13.2 Å². The first-order valence-electron chi connectivity index (χ1n) is 11.1. The van der Waals surface area contributed by atoms with Gasteiger partial charge in [0.2, 0.25) is 0 Å². The van der Waals surface area contributed by atoms with E-state index in [9.17, 15) is 27.9 Å². The minimum absolute atomic E-state index is 0.0305. The number of carboxylic acid groups (broad SMARTS) is 1. The lowest BCUT2D eigenvalue weighted by molar-refractivity contribution is -0.340. The number of aryl methyl sites for hydroxylation is 1. The predicted molar refractivity (Wildman–Crippen MR) is 124 cm³/mol. The Morgan fingerprint density at radius 3 is 2.49 bits per heavy atom. The van der Waals surface area contributed by atoms with E-state index < -0.39 is 29.0 Å². The summed E-state index contributed by atoms with van der Waals surface area (Å²) in [6.45, 7) is 5.19. The van der Waals surface area contributed by atoms with Gasteiger partial charge >= 0.3 is 12.1 Å². The number of aromatic nitrogens is 1. The van der Waals surface area contributed by atoms with E-state index in [1.165, 1.54) is 12.1 Å². The van der Waals surface area contributed by atoms with E-state index in [0.717, 1.165) is 5.56 Å². The number of alkyl halides is 3. The molecule has 2 aromatic heterocycles. The molecule has 1 atom stereocenters. The van der Waals surface area contributed by atoms with E-state index in [2.05, 4.69) is 10.3 Å². The fourth-order valence-electron chi connectivity index (χ4n) is 5.75. The van der Waals surface area contributed by atoms with Crippen LogP contribution in [0.15, 0.2) is 33.5 Å². The maximum absolute atomic E-state index is 13.4. The lowest BCUT2D eigenvalue weighted by Gasteiger charge is -2.69. The van der Waals surface area contributed by atoms with E-state index in [1.54, 1.807) is 19.9 Å². The molecule has 0 unspecified atom stereocenters. The molecule has 3 aliphatic rings. The molecule has 0 aliphatic heterocycles. The Balaban J connectivity index is 1.59. The highest BCUT2D eigenvalue weighted by Crippen LogP contribution is 2.78. The molecule has 35 heavy (non-hydrogen) atoms. The molecule has 3 saturated carbocycles. The number of halogens is 4. The van der Waals surface area contributed by atoms with E-state index >= 15 is 0 Å². The smallest absolute Gasteiger partial charge is 0.394 e. The second-order valence-electron chi connectivity index (χ2n) is 9.91. The number of hydrogen-bond donors (Lipinski definition) is 2. The SMILES string of the molecule is Cc1cc([C@@H](C)Nc2ccc(Cl)nc2C(=O)O)c2oc(C34CC(C(F)(F)F)(C3)C4)c(C)c(=O)c2c1. The van der Waals surface area contributed by atoms with Gasteiger partial charge in [0.1, 0.15) is 16.5 Å². The molecule has 3 aliphatic carbocycles. The molecule has 2 heterocycles. The Bertz CT molecular complexity index is 1440. The monoisotopic (exact) mass is 506 g/mol. The fourth-order valence-corrected chi connectivity index (χ4v) is 5.90. The van der Waals surface area contributed by atoms with Crippen LogP contribution in [0.25, 0.3) is 11.0 Å². The van der Waals surface area contributed by atoms with Crippen LogP contribution in [0.4, 0.5) is 18.9 Å². The Kier molecular flexibility index (Phi) is 5.05. The van der Waals surface area contributed by atoms with Gasteiger partial charge in [-0.1, -0.05) is 17.7 Å². The quantitative estimate of drug-likeness (QED) is 0.394. The third kappa shape index (κ3) is 3.43. The van der Waals surface area contributed by atoms with Crippen molar-refractivity contribution in [1.82, 2.24) is 4.98 Å². The number of anilines is 1. The largest absolute Gasteiger partial charge is 0.476 e. The molecule has 2 N–H and O–H groups in total. The second kappa shape index (κ2) is 7.46. The van der Waals surface area contributed by atoms with Crippen molar-refractivity contribution < 1.29 is 27.5 Å². The van der Waals surface area contributed by atoms with E-state index in [4.69, 9.17) is 16.0 Å². The number of hydrogen-bond acceptors (Lipinski definition) is 5. The van der Waals surface area contributed by atoms with Crippen molar-refractivity contribution in [2.45, 2.75) is 57.7 Å². The van der Waals surface area contributed by atoms with Crippen molar-refractivity contribution >= 4 is 34.2 Å². The van der Waals surface area contributed by atoms with E-state index in [0.29, 0.717) is 22.3 Å². The van der Waals surface area contributed by atoms with Crippen LogP contribution in [0.3, 0.4) is 0 Å². The number of rotatable bonds is 5. The summed E-state index contributed by atoms with van der Waals surface area (Å²) < 4.78 is 46.5. The first kappa shape index (κ1) is 23.7. The molecule has 0 amide bonds. The molecule has 3 fully saturated rings. The van der Waals surface area contributed by atoms with Gasteiger partial charge in [0, 0.05) is 16.5 Å². The van der Waals surface area contributed by atoms with Crippen LogP contribution in [0.2, 0.25) is 5.15 Å². The number of nitrogens with one attached hydrogen (secondary N) is 1. The minimum atomic E-state index is -4.27. The van der Waals surface area contributed by atoms with Crippen molar-refractivity contribution in [3.63, 3.8) is 0 Å². The van der Waals surface area contributed by atoms with Crippen LogP contribution < -0.4 is 10.7 Å². The summed E-state index contributed by atoms with van der Waals surface area (Å²) in [6, 6.07) is 5.94. The summed E-state index contributed by atoms with van der Waals surface area (Å²) in [7, 11) is 0. The van der Waals surface area contributed by atoms with Gasteiger partial charge < -0.3 is 14.8 Å². The van der Waals surface area contributed by atoms with Crippen LogP contribution in [0.1, 0.15) is 65.2 Å². The van der Waals surface area contributed by atoms with Gasteiger partial charge in [0.15, 0.2) is 11.1 Å². The summed E-state index contributed by atoms with van der Waals surface area (Å²) in [5, 5.41) is 13.0. The molecule has 0 saturated heterocycles. The summed E-state index contributed by atoms with van der Waals surface area (Å²) >= 11 is 5.84. The van der Waals surface area contributed by atoms with Crippen LogP contribution in [-0.4, -0.2) is 22.2 Å². The number of aromatic carboxylic acids is 1. The average molecular weight is 507 g/mol. The Labute approximate surface area is 203 Å². The molecule has 6 rings (SSSR count). The minimum Gasteiger partial charge on any atom is -0.476 e. The van der Waals surface area contributed by atoms with Crippen molar-refractivity contribution in [2.75, 3.05) is 5.32 Å². The van der Waals surface area contributed by atoms with E-state index in [1.807, 2.05) is 13.0 Å². The molecule has 1 aromatic carbocycles. The molecule has 2 bridgehead atoms. The molecule has 6 nitrogen and oxygen atoms in total. The standard InChI is InChI=1S/C25H22ClF3N2O4/c1-11-6-14(13(3)30-16-4-5-17(26)31-18(16)22(33)34)20-15(7-11)19(32)12(2)21(35-20)23-8-24(9-23,10-23)25(27,28)29/h4-7,13,30H,8-10H2,1-3H3,(H,33,34)/t13-,23?,24?/m1/s1. The first-order valence-corrected chi connectivity index (χ1v) is 11.5. The lowest BCUT2D eigenvalue weighted by atomic mass is 9.34. The van der Waals surface area contributed by atoms with Crippen LogP contribution in [-0.2, 0) is 5.41 Å². The van der Waals surface area contributed by atoms with Gasteiger partial charge in [-0.3, -0.25) is 4.79 Å². The summed E-state index contributed by atoms with van der Waals surface area (Å²) in [5.41, 5.74) is -0.767. The van der Waals surface area contributed by atoms with Crippen molar-refractivity contribution in [2.24, 2.45) is 5.41 Å². The highest BCUT2D eigenvalue weighted by molar-refractivity contribution is 6.29. The van der Waals surface area contributed by atoms with Crippen molar-refractivity contribution in [1.29, 1.82) is 0 Å². The first-order chi connectivity index (χ1) is 16.3. The number of nitrogens with zero attached hydrogens (tertiary/aromatic N) is 1. The highest BCUT2D eigenvalue weighted by atomic mass is 35.5. The van der Waals surface area contributed by atoms with Gasteiger partial charge in [0.25, 0.3) is 0 Å². The zero-order valence-corrected chi connectivity index (χ0v) is 19.9.